The number of rotatable bonds is 9. The number of hydrogen-bond acceptors (Lipinski definition) is 3. The van der Waals surface area contributed by atoms with Gasteiger partial charge in [-0.2, -0.15) is 0 Å². The molecule has 0 aliphatic rings. The third kappa shape index (κ3) is 6.89. The largest absolute Gasteiger partial charge is 0.481 e. The summed E-state index contributed by atoms with van der Waals surface area (Å²) in [5, 5.41) is 17.2. The highest BCUT2D eigenvalue weighted by atomic mass is 16.4. The molecule has 2 amide bonds. The monoisotopic (exact) mass is 398 g/mol. The van der Waals surface area contributed by atoms with Gasteiger partial charge in [0, 0.05) is 24.9 Å². The summed E-state index contributed by atoms with van der Waals surface area (Å²) in [6.45, 7) is 5.98. The summed E-state index contributed by atoms with van der Waals surface area (Å²) in [7, 11) is 0. The van der Waals surface area contributed by atoms with Crippen LogP contribution in [-0.4, -0.2) is 36.0 Å². The summed E-state index contributed by atoms with van der Waals surface area (Å²) in [6, 6.07) is 13.7. The van der Waals surface area contributed by atoms with Gasteiger partial charge >= 0.3 is 5.97 Å². The van der Waals surface area contributed by atoms with E-state index >= 15 is 0 Å². The van der Waals surface area contributed by atoms with Crippen LogP contribution in [0.15, 0.2) is 42.5 Å². The van der Waals surface area contributed by atoms with Gasteiger partial charge in [0.05, 0.1) is 5.92 Å². The van der Waals surface area contributed by atoms with Gasteiger partial charge in [-0.05, 0) is 29.2 Å². The highest BCUT2D eigenvalue weighted by Gasteiger charge is 2.21. The van der Waals surface area contributed by atoms with E-state index < -0.39 is 17.3 Å². The zero-order valence-corrected chi connectivity index (χ0v) is 17.3. The van der Waals surface area contributed by atoms with Crippen molar-refractivity contribution in [3.8, 4) is 0 Å². The molecule has 0 bridgehead atoms. The number of carboxylic acid groups (broad SMARTS) is 1. The van der Waals surface area contributed by atoms with Crippen LogP contribution >= 0.6 is 0 Å². The summed E-state index contributed by atoms with van der Waals surface area (Å²) in [5.74, 6) is -1.90. The molecular weight excluding hydrogens is 368 g/mol. The average Bonchev–Trinajstić information content (AvgIpc) is 2.67. The van der Waals surface area contributed by atoms with Crippen molar-refractivity contribution in [2.75, 3.05) is 13.1 Å². The van der Waals surface area contributed by atoms with E-state index in [9.17, 15) is 19.5 Å². The second kappa shape index (κ2) is 10.0. The van der Waals surface area contributed by atoms with Crippen molar-refractivity contribution < 1.29 is 19.5 Å². The molecule has 2 aromatic rings. The Morgan fingerprint density at radius 1 is 1.00 bits per heavy atom. The number of aliphatic carboxylic acids is 1. The minimum absolute atomic E-state index is 0.0565. The number of fused-ring (bicyclic) bond motifs is 1. The van der Waals surface area contributed by atoms with E-state index in [4.69, 9.17) is 0 Å². The predicted octanol–water partition coefficient (Wildman–Crippen LogP) is 3.14. The Morgan fingerprint density at radius 3 is 2.38 bits per heavy atom. The van der Waals surface area contributed by atoms with E-state index in [2.05, 4.69) is 10.6 Å². The molecule has 0 radical (unpaired) electrons. The van der Waals surface area contributed by atoms with E-state index in [1.54, 1.807) is 0 Å². The highest BCUT2D eigenvalue weighted by molar-refractivity contribution is 5.86. The van der Waals surface area contributed by atoms with E-state index in [-0.39, 0.29) is 24.8 Å². The number of carbonyl (C=O) groups is 3. The number of nitrogens with one attached hydrogen (secondary N) is 2. The summed E-state index contributed by atoms with van der Waals surface area (Å²) < 4.78 is 0. The number of benzene rings is 2. The van der Waals surface area contributed by atoms with Crippen LogP contribution in [0.1, 0.15) is 39.2 Å². The number of carbonyl (C=O) groups excluding carboxylic acids is 2. The fourth-order valence-electron chi connectivity index (χ4n) is 3.02. The zero-order valence-electron chi connectivity index (χ0n) is 17.3. The molecule has 6 heteroatoms. The lowest BCUT2D eigenvalue weighted by Gasteiger charge is -2.17. The Bertz CT molecular complexity index is 865. The van der Waals surface area contributed by atoms with Crippen molar-refractivity contribution in [2.24, 2.45) is 11.3 Å². The van der Waals surface area contributed by atoms with Crippen LogP contribution in [0.3, 0.4) is 0 Å². The van der Waals surface area contributed by atoms with E-state index in [0.29, 0.717) is 19.4 Å². The second-order valence-electron chi connectivity index (χ2n) is 8.29. The van der Waals surface area contributed by atoms with Gasteiger partial charge in [-0.15, -0.1) is 0 Å². The van der Waals surface area contributed by atoms with Crippen molar-refractivity contribution in [2.45, 2.75) is 40.0 Å². The van der Waals surface area contributed by atoms with Gasteiger partial charge in [0.25, 0.3) is 0 Å². The maximum Gasteiger partial charge on any atom is 0.308 e. The van der Waals surface area contributed by atoms with E-state index in [1.165, 1.54) is 0 Å². The van der Waals surface area contributed by atoms with Crippen LogP contribution in [0.25, 0.3) is 10.8 Å². The smallest absolute Gasteiger partial charge is 0.308 e. The van der Waals surface area contributed by atoms with Crippen molar-refractivity contribution in [1.29, 1.82) is 0 Å². The van der Waals surface area contributed by atoms with Gasteiger partial charge in [-0.3, -0.25) is 14.4 Å². The van der Waals surface area contributed by atoms with Gasteiger partial charge in [-0.1, -0.05) is 63.2 Å². The topological polar surface area (TPSA) is 95.5 Å². The number of carboxylic acids is 1. The molecule has 3 N–H and O–H groups in total. The Hall–Kier alpha value is -2.89. The molecular formula is C23H30N2O4. The van der Waals surface area contributed by atoms with Gasteiger partial charge in [0.2, 0.25) is 11.8 Å². The molecule has 0 heterocycles. The second-order valence-corrected chi connectivity index (χ2v) is 8.29. The fourth-order valence-corrected chi connectivity index (χ4v) is 3.02. The van der Waals surface area contributed by atoms with Crippen LogP contribution in [-0.2, 0) is 20.8 Å². The molecule has 29 heavy (non-hydrogen) atoms. The summed E-state index contributed by atoms with van der Waals surface area (Å²) in [4.78, 5) is 35.5. The SMILES string of the molecule is CC(C)(C)C(=O)NCCCC(=O)NCC(Cc1cccc2ccccc12)C(=O)O. The van der Waals surface area contributed by atoms with E-state index in [1.807, 2.05) is 63.2 Å². The minimum atomic E-state index is -0.935. The first-order chi connectivity index (χ1) is 13.7. The molecule has 0 saturated carbocycles. The van der Waals surface area contributed by atoms with Gasteiger partial charge < -0.3 is 15.7 Å². The third-order valence-corrected chi connectivity index (χ3v) is 4.79. The molecule has 0 spiro atoms. The first-order valence-electron chi connectivity index (χ1n) is 9.93. The maximum absolute atomic E-state index is 12.1. The van der Waals surface area contributed by atoms with Crippen molar-refractivity contribution in [3.63, 3.8) is 0 Å². The van der Waals surface area contributed by atoms with Gasteiger partial charge in [0.15, 0.2) is 0 Å². The molecule has 1 unspecified atom stereocenters. The Kier molecular flexibility index (Phi) is 7.76. The first-order valence-corrected chi connectivity index (χ1v) is 9.93. The summed E-state index contributed by atoms with van der Waals surface area (Å²) in [6.07, 6.45) is 1.10. The predicted molar refractivity (Wildman–Crippen MR) is 113 cm³/mol. The van der Waals surface area contributed by atoms with Crippen molar-refractivity contribution in [1.82, 2.24) is 10.6 Å². The molecule has 0 aromatic heterocycles. The highest BCUT2D eigenvalue weighted by Crippen LogP contribution is 2.21. The van der Waals surface area contributed by atoms with Crippen LogP contribution in [0.5, 0.6) is 0 Å². The van der Waals surface area contributed by atoms with Crippen LogP contribution in [0.4, 0.5) is 0 Å². The van der Waals surface area contributed by atoms with Crippen LogP contribution in [0, 0.1) is 11.3 Å². The average molecular weight is 399 g/mol. The molecule has 2 rings (SSSR count). The molecule has 0 aliphatic carbocycles. The number of hydrogen-bond donors (Lipinski definition) is 3. The molecule has 156 valence electrons. The maximum atomic E-state index is 12.1. The van der Waals surface area contributed by atoms with Gasteiger partial charge in [-0.25, -0.2) is 0 Å². The Balaban J connectivity index is 1.84. The number of amides is 2. The normalized spacial score (nSPS) is 12.4. The van der Waals surface area contributed by atoms with Crippen LogP contribution < -0.4 is 10.6 Å². The molecule has 6 nitrogen and oxygen atoms in total. The first kappa shape index (κ1) is 22.4. The summed E-state index contributed by atoms with van der Waals surface area (Å²) in [5.41, 5.74) is 0.494. The molecule has 2 aromatic carbocycles. The molecule has 0 aliphatic heterocycles. The molecule has 0 saturated heterocycles. The fraction of sp³-hybridized carbons (Fsp3) is 0.435. The Labute approximate surface area is 171 Å². The lowest BCUT2D eigenvalue weighted by Crippen LogP contribution is -2.36. The van der Waals surface area contributed by atoms with Crippen molar-refractivity contribution in [3.05, 3.63) is 48.0 Å². The van der Waals surface area contributed by atoms with Crippen molar-refractivity contribution >= 4 is 28.6 Å². The Morgan fingerprint density at radius 2 is 1.69 bits per heavy atom. The molecule has 1 atom stereocenters. The quantitative estimate of drug-likeness (QED) is 0.566. The zero-order chi connectivity index (χ0) is 21.4. The lowest BCUT2D eigenvalue weighted by molar-refractivity contribution is -0.141. The standard InChI is InChI=1S/C23H30N2O4/c1-23(2,3)22(29)24-13-7-12-20(26)25-15-18(21(27)28)14-17-10-6-9-16-8-4-5-11-19(16)17/h4-6,8-11,18H,7,12-15H2,1-3H3,(H,24,29)(H,25,26)(H,27,28). The minimum Gasteiger partial charge on any atom is -0.481 e. The third-order valence-electron chi connectivity index (χ3n) is 4.79. The van der Waals surface area contributed by atoms with Gasteiger partial charge in [0.1, 0.15) is 0 Å². The summed E-state index contributed by atoms with van der Waals surface area (Å²) >= 11 is 0. The van der Waals surface area contributed by atoms with Crippen LogP contribution in [0.2, 0.25) is 0 Å². The lowest BCUT2D eigenvalue weighted by atomic mass is 9.94. The van der Waals surface area contributed by atoms with E-state index in [0.717, 1.165) is 16.3 Å². The molecule has 0 fully saturated rings.